The van der Waals surface area contributed by atoms with Gasteiger partial charge in [0.05, 0.1) is 30.7 Å². The fourth-order valence-corrected chi connectivity index (χ4v) is 4.40. The molecule has 0 saturated carbocycles. The van der Waals surface area contributed by atoms with Crippen molar-refractivity contribution in [3.05, 3.63) is 102 Å². The molecule has 0 saturated heterocycles. The first-order valence-corrected chi connectivity index (χ1v) is 12.8. The third kappa shape index (κ3) is 6.01. The summed E-state index contributed by atoms with van der Waals surface area (Å²) in [5, 5.41) is 11.1. The predicted octanol–water partition coefficient (Wildman–Crippen LogP) is 5.77. The molecule has 3 N–H and O–H groups in total. The molecule has 7 nitrogen and oxygen atoms in total. The van der Waals surface area contributed by atoms with Gasteiger partial charge < -0.3 is 20.0 Å². The van der Waals surface area contributed by atoms with Crippen molar-refractivity contribution in [1.82, 2.24) is 14.4 Å². The maximum atomic E-state index is 11.1. The summed E-state index contributed by atoms with van der Waals surface area (Å²) in [6, 6.07) is 21.8. The molecule has 0 radical (unpaired) electrons. The van der Waals surface area contributed by atoms with E-state index in [0.29, 0.717) is 30.8 Å². The summed E-state index contributed by atoms with van der Waals surface area (Å²) in [5.74, 6) is 1.67. The largest absolute Gasteiger partial charge is 0.494 e. The number of nitrogens with zero attached hydrogens (tertiary/aromatic N) is 3. The number of fused-ring (bicyclic) bond motifs is 1. The number of benzene rings is 2. The van der Waals surface area contributed by atoms with E-state index in [1.54, 1.807) is 10.7 Å². The zero-order chi connectivity index (χ0) is 25.5. The lowest BCUT2D eigenvalue weighted by Gasteiger charge is -2.10. The topological polar surface area (TPSA) is 98.8 Å². The average molecular weight is 497 g/mol. The zero-order valence-corrected chi connectivity index (χ0v) is 20.8. The Labute approximate surface area is 216 Å². The van der Waals surface area contributed by atoms with Crippen LogP contribution < -0.4 is 10.5 Å². The summed E-state index contributed by atoms with van der Waals surface area (Å²) in [5.41, 5.74) is 10.4. The highest BCUT2D eigenvalue weighted by molar-refractivity contribution is 5.64. The number of unbranched alkanes of at least 4 members (excludes halogenated alkanes) is 3. The van der Waals surface area contributed by atoms with Crippen LogP contribution >= 0.6 is 0 Å². The lowest BCUT2D eigenvalue weighted by molar-refractivity contribution is 0.305. The van der Waals surface area contributed by atoms with Crippen LogP contribution in [0.15, 0.2) is 83.6 Å². The molecule has 7 heteroatoms. The van der Waals surface area contributed by atoms with Crippen molar-refractivity contribution >= 4 is 5.65 Å². The van der Waals surface area contributed by atoms with E-state index in [4.69, 9.17) is 24.9 Å². The number of furan rings is 1. The van der Waals surface area contributed by atoms with E-state index >= 15 is 0 Å². The van der Waals surface area contributed by atoms with E-state index in [1.165, 1.54) is 0 Å². The van der Waals surface area contributed by atoms with Gasteiger partial charge in [0, 0.05) is 18.2 Å². The summed E-state index contributed by atoms with van der Waals surface area (Å²) in [6.45, 7) is 1.44. The normalized spacial score (nSPS) is 11.3. The number of aromatic hydroxyl groups is 1. The van der Waals surface area contributed by atoms with Crippen molar-refractivity contribution in [1.29, 1.82) is 0 Å². The molecule has 0 fully saturated rings. The van der Waals surface area contributed by atoms with E-state index in [9.17, 15) is 5.11 Å². The Morgan fingerprint density at radius 1 is 0.838 bits per heavy atom. The van der Waals surface area contributed by atoms with Crippen LogP contribution in [0.2, 0.25) is 0 Å². The lowest BCUT2D eigenvalue weighted by atomic mass is 10.1. The highest BCUT2D eigenvalue weighted by Crippen LogP contribution is 2.29. The van der Waals surface area contributed by atoms with Crippen LogP contribution in [-0.2, 0) is 12.8 Å². The summed E-state index contributed by atoms with van der Waals surface area (Å²) in [6.07, 6.45) is 8.81. The van der Waals surface area contributed by atoms with Crippen LogP contribution in [0.25, 0.3) is 16.9 Å². The van der Waals surface area contributed by atoms with Crippen LogP contribution in [0.1, 0.15) is 48.4 Å². The third-order valence-electron chi connectivity index (χ3n) is 6.37. The quantitative estimate of drug-likeness (QED) is 0.213. The molecule has 0 aliphatic rings. The van der Waals surface area contributed by atoms with Gasteiger partial charge in [-0.15, -0.1) is 0 Å². The molecule has 3 aromatic heterocycles. The first-order chi connectivity index (χ1) is 18.2. The number of imidazole rings is 1. The van der Waals surface area contributed by atoms with Crippen molar-refractivity contribution < 1.29 is 14.3 Å². The molecule has 0 amide bonds. The van der Waals surface area contributed by atoms with Crippen molar-refractivity contribution in [3.63, 3.8) is 0 Å². The van der Waals surface area contributed by atoms with Gasteiger partial charge in [-0.1, -0.05) is 43.2 Å². The van der Waals surface area contributed by atoms with E-state index < -0.39 is 0 Å². The number of aromatic nitrogens is 3. The van der Waals surface area contributed by atoms with Gasteiger partial charge >= 0.3 is 0 Å². The van der Waals surface area contributed by atoms with Crippen LogP contribution in [0.5, 0.6) is 11.6 Å². The minimum atomic E-state index is 0.0963. The number of hydrogen-bond donors (Lipinski definition) is 2. The smallest absolute Gasteiger partial charge is 0.219 e. The molecule has 190 valence electrons. The van der Waals surface area contributed by atoms with Crippen molar-refractivity contribution in [2.24, 2.45) is 5.73 Å². The summed E-state index contributed by atoms with van der Waals surface area (Å²) < 4.78 is 13.1. The summed E-state index contributed by atoms with van der Waals surface area (Å²) >= 11 is 0. The Kier molecular flexibility index (Phi) is 7.81. The first kappa shape index (κ1) is 24.6. The van der Waals surface area contributed by atoms with Crippen molar-refractivity contribution in [2.45, 2.75) is 38.5 Å². The van der Waals surface area contributed by atoms with E-state index in [0.717, 1.165) is 66.3 Å². The molecule has 5 rings (SSSR count). The molecule has 37 heavy (non-hydrogen) atoms. The number of hydrogen-bond acceptors (Lipinski definition) is 6. The van der Waals surface area contributed by atoms with Crippen LogP contribution in [-0.4, -0.2) is 32.6 Å². The highest BCUT2D eigenvalue weighted by Gasteiger charge is 2.18. The molecule has 0 bridgehead atoms. The van der Waals surface area contributed by atoms with Gasteiger partial charge in [0.1, 0.15) is 17.2 Å². The second-order valence-corrected chi connectivity index (χ2v) is 9.14. The SMILES string of the molecule is NCCCCCCOc1ccc(-c2cn3c(O)c(Cc4ccco4)nc3c(Cc3ccccc3)n2)cc1. The van der Waals surface area contributed by atoms with Gasteiger partial charge in [0.25, 0.3) is 0 Å². The predicted molar refractivity (Wildman–Crippen MR) is 144 cm³/mol. The maximum absolute atomic E-state index is 11.1. The molecule has 5 aromatic rings. The molecular weight excluding hydrogens is 464 g/mol. The lowest BCUT2D eigenvalue weighted by Crippen LogP contribution is -2.01. The minimum absolute atomic E-state index is 0.0963. The van der Waals surface area contributed by atoms with Gasteiger partial charge in [0.2, 0.25) is 5.88 Å². The van der Waals surface area contributed by atoms with Crippen molar-refractivity contribution in [2.75, 3.05) is 13.2 Å². The van der Waals surface area contributed by atoms with Crippen LogP contribution in [0, 0.1) is 0 Å². The number of nitrogens with two attached hydrogens (primary N) is 1. The summed E-state index contributed by atoms with van der Waals surface area (Å²) in [4.78, 5) is 9.74. The number of rotatable bonds is 12. The monoisotopic (exact) mass is 496 g/mol. The third-order valence-corrected chi connectivity index (χ3v) is 6.37. The fraction of sp³-hybridized carbons (Fsp3) is 0.267. The van der Waals surface area contributed by atoms with Crippen LogP contribution in [0.4, 0.5) is 0 Å². The van der Waals surface area contributed by atoms with Gasteiger partial charge in [-0.05, 0) is 61.3 Å². The Bertz CT molecular complexity index is 1410. The molecule has 0 aliphatic heterocycles. The first-order valence-electron chi connectivity index (χ1n) is 12.8. The Morgan fingerprint density at radius 3 is 2.41 bits per heavy atom. The zero-order valence-electron chi connectivity index (χ0n) is 20.8. The molecule has 0 unspecified atom stereocenters. The van der Waals surface area contributed by atoms with Gasteiger partial charge in [-0.2, -0.15) is 0 Å². The molecule has 2 aromatic carbocycles. The Hall–Kier alpha value is -4.10. The number of ether oxygens (including phenoxy) is 1. The van der Waals surface area contributed by atoms with Gasteiger partial charge in [-0.3, -0.25) is 4.40 Å². The highest BCUT2D eigenvalue weighted by atomic mass is 16.5. The van der Waals surface area contributed by atoms with E-state index in [1.807, 2.05) is 60.8 Å². The van der Waals surface area contributed by atoms with Gasteiger partial charge in [-0.25, -0.2) is 9.97 Å². The second-order valence-electron chi connectivity index (χ2n) is 9.14. The molecule has 0 spiro atoms. The maximum Gasteiger partial charge on any atom is 0.219 e. The standard InChI is InChI=1S/C30H32N4O3/c31-16-6-1-2-7-17-36-24-14-12-23(13-15-24)28-21-34-29(26(32-28)19-22-9-4-3-5-10-22)33-27(30(34)35)20-25-11-8-18-37-25/h3-5,8-15,18,21,35H,1-2,6-7,16-17,19-20,31H2. The molecule has 0 atom stereocenters. The fourth-order valence-electron chi connectivity index (χ4n) is 4.40. The van der Waals surface area contributed by atoms with Gasteiger partial charge in [0.15, 0.2) is 5.65 Å². The average Bonchev–Trinajstić information content (AvgIpc) is 3.55. The molecule has 0 aliphatic carbocycles. The molecular formula is C30H32N4O3. The Balaban J connectivity index is 1.42. The second kappa shape index (κ2) is 11.8. The Morgan fingerprint density at radius 2 is 1.65 bits per heavy atom. The van der Waals surface area contributed by atoms with E-state index in [-0.39, 0.29) is 5.88 Å². The van der Waals surface area contributed by atoms with Crippen molar-refractivity contribution in [3.8, 4) is 22.9 Å². The minimum Gasteiger partial charge on any atom is -0.494 e. The van der Waals surface area contributed by atoms with Crippen LogP contribution in [0.3, 0.4) is 0 Å². The summed E-state index contributed by atoms with van der Waals surface area (Å²) in [7, 11) is 0. The molecule has 3 heterocycles. The van der Waals surface area contributed by atoms with E-state index in [2.05, 4.69) is 12.1 Å².